The summed E-state index contributed by atoms with van der Waals surface area (Å²) in [6.45, 7) is 2.41. The molecule has 2 N–H and O–H groups in total. The van der Waals surface area contributed by atoms with Gasteiger partial charge in [0.05, 0.1) is 12.2 Å². The summed E-state index contributed by atoms with van der Waals surface area (Å²) in [5.74, 6) is -0.919. The smallest absolute Gasteiger partial charge is 0.453 e. The highest BCUT2D eigenvalue weighted by Gasteiger charge is 2.59. The summed E-state index contributed by atoms with van der Waals surface area (Å²) in [6.07, 6.45) is 4.46. The molecule has 0 aliphatic heterocycles. The average molecular weight is 651 g/mol. The van der Waals surface area contributed by atoms with Crippen LogP contribution in [0.5, 0.6) is 5.75 Å². The summed E-state index contributed by atoms with van der Waals surface area (Å²) in [5, 5.41) is 21.6. The number of halogens is 5. The highest BCUT2D eigenvalue weighted by molar-refractivity contribution is 7.99. The summed E-state index contributed by atoms with van der Waals surface area (Å²) in [5.41, 5.74) is 2.54. The molecule has 252 valence electrons. The third-order valence-electron chi connectivity index (χ3n) is 10.7. The first kappa shape index (κ1) is 35.7. The van der Waals surface area contributed by atoms with E-state index in [-0.39, 0.29) is 18.6 Å². The van der Waals surface area contributed by atoms with E-state index < -0.39 is 30.7 Å². The van der Waals surface area contributed by atoms with E-state index in [0.29, 0.717) is 35.8 Å². The molecule has 0 saturated heterocycles. The quantitative estimate of drug-likeness (QED) is 0.100. The maximum atomic E-state index is 13.0. The van der Waals surface area contributed by atoms with Crippen molar-refractivity contribution in [2.75, 3.05) is 25.4 Å². The molecule has 3 aliphatic carbocycles. The summed E-state index contributed by atoms with van der Waals surface area (Å²) in [4.78, 5) is 0. The Morgan fingerprint density at radius 3 is 2.34 bits per heavy atom. The molecule has 0 bridgehead atoms. The molecule has 0 amide bonds. The first-order valence-corrected chi connectivity index (χ1v) is 17.7. The molecule has 3 aliphatic rings. The van der Waals surface area contributed by atoms with E-state index in [1.54, 1.807) is 7.11 Å². The minimum atomic E-state index is -5.45. The zero-order valence-corrected chi connectivity index (χ0v) is 27.0. The van der Waals surface area contributed by atoms with Crippen molar-refractivity contribution in [3.8, 4) is 5.75 Å². The van der Waals surface area contributed by atoms with Crippen LogP contribution in [-0.2, 0) is 11.2 Å². The van der Waals surface area contributed by atoms with E-state index in [1.807, 2.05) is 6.07 Å². The van der Waals surface area contributed by atoms with Crippen molar-refractivity contribution in [2.45, 2.75) is 127 Å². The monoisotopic (exact) mass is 650 g/mol. The number of aliphatic hydroxyl groups excluding tert-OH is 2. The Bertz CT molecular complexity index is 1040. The van der Waals surface area contributed by atoms with Crippen LogP contribution < -0.4 is 4.74 Å². The second-order valence-electron chi connectivity index (χ2n) is 13.6. The van der Waals surface area contributed by atoms with Gasteiger partial charge in [0, 0.05) is 13.5 Å². The molecule has 1 aromatic rings. The van der Waals surface area contributed by atoms with Gasteiger partial charge in [-0.25, -0.2) is 0 Å². The number of aliphatic hydroxyl groups is 2. The fraction of sp³-hybridized carbons (Fsp3) is 0.824. The molecule has 0 aromatic heterocycles. The molecule has 1 aromatic carbocycles. The maximum Gasteiger partial charge on any atom is 0.453 e. The predicted molar refractivity (Wildman–Crippen MR) is 164 cm³/mol. The number of ether oxygens (including phenoxy) is 2. The third-order valence-corrected chi connectivity index (χ3v) is 11.9. The number of thioether (sulfide) groups is 1. The zero-order valence-electron chi connectivity index (χ0n) is 26.2. The molecule has 2 fully saturated rings. The summed E-state index contributed by atoms with van der Waals surface area (Å²) < 4.78 is 73.4. The van der Waals surface area contributed by atoms with Gasteiger partial charge in [0.15, 0.2) is 6.79 Å². The standard InChI is InChI=1S/C34H51F5O4S/c1-32-16-14-27-26-13-12-25(43-22-42-2)20-24(26)19-23(30(27)28(32)21-29(40)31(32)41)11-8-6-4-3-5-7-9-17-44-18-10-15-33(35,36)34(37,38)39/h12-13,20,23,27-31,40-41H,3-11,14-19,21-22H2,1-2H3/t23-,27-,28+,29+,30-,31+,32+/m1/s1. The fourth-order valence-corrected chi connectivity index (χ4v) is 9.35. The lowest BCUT2D eigenvalue weighted by molar-refractivity contribution is -0.284. The molecular weight excluding hydrogens is 599 g/mol. The first-order valence-electron chi connectivity index (χ1n) is 16.5. The van der Waals surface area contributed by atoms with Gasteiger partial charge in [0.1, 0.15) is 5.75 Å². The molecule has 10 heteroatoms. The number of fused-ring (bicyclic) bond motifs is 5. The van der Waals surface area contributed by atoms with Crippen molar-refractivity contribution < 1.29 is 41.6 Å². The predicted octanol–water partition coefficient (Wildman–Crippen LogP) is 8.92. The first-order chi connectivity index (χ1) is 20.9. The Morgan fingerprint density at radius 2 is 1.64 bits per heavy atom. The van der Waals surface area contributed by atoms with Gasteiger partial charge in [-0.15, -0.1) is 0 Å². The van der Waals surface area contributed by atoms with Crippen LogP contribution in [0.3, 0.4) is 0 Å². The number of hydrogen-bond acceptors (Lipinski definition) is 5. The highest BCUT2D eigenvalue weighted by atomic mass is 32.2. The van der Waals surface area contributed by atoms with Crippen LogP contribution in [0.2, 0.25) is 0 Å². The van der Waals surface area contributed by atoms with Crippen LogP contribution in [0, 0.1) is 23.2 Å². The van der Waals surface area contributed by atoms with Crippen molar-refractivity contribution in [3.63, 3.8) is 0 Å². The van der Waals surface area contributed by atoms with Gasteiger partial charge >= 0.3 is 12.1 Å². The maximum absolute atomic E-state index is 13.0. The van der Waals surface area contributed by atoms with E-state index in [0.717, 1.165) is 82.1 Å². The number of benzene rings is 1. The molecule has 44 heavy (non-hydrogen) atoms. The average Bonchev–Trinajstić information content (AvgIpc) is 3.21. The van der Waals surface area contributed by atoms with Gasteiger partial charge in [0.25, 0.3) is 0 Å². The second kappa shape index (κ2) is 15.7. The van der Waals surface area contributed by atoms with Gasteiger partial charge in [-0.3, -0.25) is 0 Å². The molecule has 0 radical (unpaired) electrons. The van der Waals surface area contributed by atoms with Gasteiger partial charge in [-0.2, -0.15) is 33.7 Å². The van der Waals surface area contributed by atoms with E-state index in [4.69, 9.17) is 9.47 Å². The van der Waals surface area contributed by atoms with Crippen LogP contribution in [0.4, 0.5) is 22.0 Å². The van der Waals surface area contributed by atoms with Crippen LogP contribution in [0.15, 0.2) is 18.2 Å². The van der Waals surface area contributed by atoms with Crippen molar-refractivity contribution >= 4 is 11.8 Å². The Morgan fingerprint density at radius 1 is 0.955 bits per heavy atom. The summed E-state index contributed by atoms with van der Waals surface area (Å²) >= 11 is 1.46. The van der Waals surface area contributed by atoms with Crippen LogP contribution in [0.25, 0.3) is 0 Å². The Labute approximate surface area is 263 Å². The Balaban J connectivity index is 1.20. The number of alkyl halides is 5. The SMILES string of the molecule is COCOc1ccc2c(c1)C[C@@H](CCCCCCCCCSCCCC(F)(F)C(F)(F)F)[C@@H]1[C@@H]2CC[C@]2(C)[C@@H](O)[C@@H](O)C[C@@H]12. The van der Waals surface area contributed by atoms with Crippen LogP contribution in [0.1, 0.15) is 107 Å². The summed E-state index contributed by atoms with van der Waals surface area (Å²) in [7, 11) is 1.62. The molecule has 2 saturated carbocycles. The van der Waals surface area contributed by atoms with Gasteiger partial charge in [0.2, 0.25) is 0 Å². The zero-order chi connectivity index (χ0) is 32.0. The molecule has 7 atom stereocenters. The third kappa shape index (κ3) is 8.43. The molecule has 0 unspecified atom stereocenters. The molecule has 4 nitrogen and oxygen atoms in total. The van der Waals surface area contributed by atoms with Crippen molar-refractivity contribution in [1.29, 1.82) is 0 Å². The van der Waals surface area contributed by atoms with E-state index in [9.17, 15) is 32.2 Å². The van der Waals surface area contributed by atoms with E-state index in [2.05, 4.69) is 19.1 Å². The minimum absolute atomic E-state index is 0.130. The van der Waals surface area contributed by atoms with Crippen molar-refractivity contribution in [2.24, 2.45) is 23.2 Å². The number of methoxy groups -OCH3 is 1. The van der Waals surface area contributed by atoms with E-state index >= 15 is 0 Å². The molecule has 0 spiro atoms. The Hall–Kier alpha value is -1.10. The van der Waals surface area contributed by atoms with E-state index in [1.165, 1.54) is 22.9 Å². The van der Waals surface area contributed by atoms with Gasteiger partial charge < -0.3 is 19.7 Å². The summed E-state index contributed by atoms with van der Waals surface area (Å²) in [6, 6.07) is 6.45. The fourth-order valence-electron chi connectivity index (χ4n) is 8.39. The van der Waals surface area contributed by atoms with Crippen LogP contribution >= 0.6 is 11.8 Å². The number of hydrogen-bond donors (Lipinski definition) is 2. The lowest BCUT2D eigenvalue weighted by Gasteiger charge is -2.53. The largest absolute Gasteiger partial charge is 0.468 e. The normalized spacial score (nSPS) is 30.1. The van der Waals surface area contributed by atoms with Crippen molar-refractivity contribution in [1.82, 2.24) is 0 Å². The Kier molecular flexibility index (Phi) is 12.7. The minimum Gasteiger partial charge on any atom is -0.468 e. The number of unbranched alkanes of at least 4 members (excludes halogenated alkanes) is 6. The topological polar surface area (TPSA) is 58.9 Å². The number of rotatable bonds is 17. The second-order valence-corrected chi connectivity index (χ2v) is 14.9. The molecule has 4 rings (SSSR count). The van der Waals surface area contributed by atoms with Gasteiger partial charge in [-0.05, 0) is 109 Å². The molecule has 0 heterocycles. The lowest BCUT2D eigenvalue weighted by Crippen LogP contribution is -2.47. The highest BCUT2D eigenvalue weighted by Crippen LogP contribution is 2.62. The molecular formula is C34H51F5O4S. The lowest BCUT2D eigenvalue weighted by atomic mass is 9.52. The van der Waals surface area contributed by atoms with Crippen LogP contribution in [-0.4, -0.2) is 59.9 Å². The van der Waals surface area contributed by atoms with Crippen molar-refractivity contribution in [3.05, 3.63) is 29.3 Å². The van der Waals surface area contributed by atoms with Gasteiger partial charge in [-0.1, -0.05) is 51.5 Å².